The highest BCUT2D eigenvalue weighted by Gasteiger charge is 2.05. The van der Waals surface area contributed by atoms with E-state index in [4.69, 9.17) is 0 Å². The van der Waals surface area contributed by atoms with Crippen LogP contribution in [0.5, 0.6) is 0 Å². The molecule has 0 amide bonds. The van der Waals surface area contributed by atoms with Crippen LogP contribution in [0.4, 0.5) is 0 Å². The molecular formula is C12H24Si. The third-order valence-electron chi connectivity index (χ3n) is 1.66. The highest BCUT2D eigenvalue weighted by molar-refractivity contribution is 6.80. The molecule has 0 fully saturated rings. The van der Waals surface area contributed by atoms with Crippen LogP contribution in [0.15, 0.2) is 23.9 Å². The molecule has 0 nitrogen and oxygen atoms in total. The minimum Gasteiger partial charge on any atom is -0.0986 e. The highest BCUT2D eigenvalue weighted by Crippen LogP contribution is 2.04. The summed E-state index contributed by atoms with van der Waals surface area (Å²) >= 11 is 0. The van der Waals surface area contributed by atoms with Gasteiger partial charge in [-0.05, 0) is 18.8 Å². The van der Waals surface area contributed by atoms with Crippen LogP contribution in [0.25, 0.3) is 0 Å². The summed E-state index contributed by atoms with van der Waals surface area (Å²) in [5, 5.41) is 0. The third kappa shape index (κ3) is 11.7. The van der Waals surface area contributed by atoms with Crippen molar-refractivity contribution < 1.29 is 0 Å². The van der Waals surface area contributed by atoms with Crippen molar-refractivity contribution in [2.75, 3.05) is 0 Å². The maximum Gasteiger partial charge on any atom is 0.0683 e. The Bertz CT molecular complexity index is 170. The van der Waals surface area contributed by atoms with Crippen LogP contribution in [-0.4, -0.2) is 8.07 Å². The average Bonchev–Trinajstić information content (AvgIpc) is 1.93. The maximum absolute atomic E-state index is 2.41. The molecule has 76 valence electrons. The lowest BCUT2D eigenvalue weighted by Gasteiger charge is -2.07. The van der Waals surface area contributed by atoms with Gasteiger partial charge in [0.1, 0.15) is 0 Å². The van der Waals surface area contributed by atoms with Crippen molar-refractivity contribution in [3.05, 3.63) is 23.9 Å². The van der Waals surface area contributed by atoms with Gasteiger partial charge in [0.25, 0.3) is 0 Å². The van der Waals surface area contributed by atoms with Crippen LogP contribution in [0.3, 0.4) is 0 Å². The van der Waals surface area contributed by atoms with E-state index in [1.54, 1.807) is 0 Å². The fraction of sp³-hybridized carbons (Fsp3) is 0.667. The topological polar surface area (TPSA) is 0 Å². The Morgan fingerprint density at radius 3 is 2.08 bits per heavy atom. The molecule has 0 aromatic carbocycles. The van der Waals surface area contributed by atoms with Crippen LogP contribution in [-0.2, 0) is 0 Å². The summed E-state index contributed by atoms with van der Waals surface area (Å²) < 4.78 is 0. The Kier molecular flexibility index (Phi) is 6.05. The molecule has 0 aliphatic rings. The fourth-order valence-corrected chi connectivity index (χ4v) is 1.81. The Morgan fingerprint density at radius 2 is 1.62 bits per heavy atom. The minimum absolute atomic E-state index is 0.789. The first-order chi connectivity index (χ1) is 5.92. The van der Waals surface area contributed by atoms with Crippen molar-refractivity contribution in [3.8, 4) is 0 Å². The molecule has 0 saturated carbocycles. The molecule has 0 aromatic heterocycles. The molecule has 0 aliphatic carbocycles. The zero-order valence-corrected chi connectivity index (χ0v) is 10.8. The molecule has 0 spiro atoms. The summed E-state index contributed by atoms with van der Waals surface area (Å²) in [5.74, 6) is 0.789. The Hall–Kier alpha value is -0.303. The number of allylic oxidation sites excluding steroid dienone is 3. The van der Waals surface area contributed by atoms with Crippen molar-refractivity contribution in [1.29, 1.82) is 0 Å². The van der Waals surface area contributed by atoms with E-state index in [1.807, 2.05) is 0 Å². The third-order valence-corrected chi connectivity index (χ3v) is 2.90. The van der Waals surface area contributed by atoms with Crippen LogP contribution in [0, 0.1) is 5.92 Å². The second kappa shape index (κ2) is 6.20. The van der Waals surface area contributed by atoms with Crippen LogP contribution in [0.2, 0.25) is 19.6 Å². The predicted octanol–water partition coefficient (Wildman–Crippen LogP) is 4.41. The molecule has 1 heteroatoms. The minimum atomic E-state index is -0.954. The standard InChI is InChI=1S/C12H24Si/c1-12(2)10-8-6-7-9-11-13(3,4)5/h6,8-9,11-12H,7,10H2,1-5H3. The molecule has 0 unspecified atom stereocenters. The van der Waals surface area contributed by atoms with Gasteiger partial charge in [0.05, 0.1) is 8.07 Å². The largest absolute Gasteiger partial charge is 0.0986 e. The van der Waals surface area contributed by atoms with Crippen molar-refractivity contribution in [2.24, 2.45) is 5.92 Å². The van der Waals surface area contributed by atoms with E-state index in [9.17, 15) is 0 Å². The van der Waals surface area contributed by atoms with Gasteiger partial charge in [0.2, 0.25) is 0 Å². The van der Waals surface area contributed by atoms with Crippen molar-refractivity contribution >= 4 is 8.07 Å². The average molecular weight is 196 g/mol. The summed E-state index contributed by atoms with van der Waals surface area (Å²) in [5.41, 5.74) is 2.41. The first kappa shape index (κ1) is 12.7. The summed E-state index contributed by atoms with van der Waals surface area (Å²) in [6, 6.07) is 0. The number of rotatable bonds is 5. The second-order valence-corrected chi connectivity index (χ2v) is 10.2. The Morgan fingerprint density at radius 1 is 1.00 bits per heavy atom. The highest BCUT2D eigenvalue weighted by atomic mass is 28.3. The Labute approximate surface area is 84.8 Å². The van der Waals surface area contributed by atoms with Gasteiger partial charge >= 0.3 is 0 Å². The quantitative estimate of drug-likeness (QED) is 0.451. The van der Waals surface area contributed by atoms with E-state index in [-0.39, 0.29) is 0 Å². The lowest BCUT2D eigenvalue weighted by atomic mass is 10.1. The first-order valence-electron chi connectivity index (χ1n) is 5.24. The van der Waals surface area contributed by atoms with Gasteiger partial charge in [-0.1, -0.05) is 57.4 Å². The van der Waals surface area contributed by atoms with Crippen molar-refractivity contribution in [2.45, 2.75) is 46.3 Å². The predicted molar refractivity (Wildman–Crippen MR) is 65.7 cm³/mol. The van der Waals surface area contributed by atoms with Gasteiger partial charge < -0.3 is 0 Å². The SMILES string of the molecule is CC(C)CC=CCC=C[Si](C)(C)C. The van der Waals surface area contributed by atoms with E-state index in [1.165, 1.54) is 6.42 Å². The number of hydrogen-bond donors (Lipinski definition) is 0. The number of hydrogen-bond acceptors (Lipinski definition) is 0. The molecule has 0 radical (unpaired) electrons. The smallest absolute Gasteiger partial charge is 0.0683 e. The van der Waals surface area contributed by atoms with Crippen LogP contribution < -0.4 is 0 Å². The van der Waals surface area contributed by atoms with E-state index in [2.05, 4.69) is 57.4 Å². The lowest BCUT2D eigenvalue weighted by molar-refractivity contribution is 0.663. The van der Waals surface area contributed by atoms with Gasteiger partial charge in [-0.25, -0.2) is 0 Å². The molecule has 0 aliphatic heterocycles. The Balaban J connectivity index is 3.56. The normalized spacial score (nSPS) is 13.7. The summed E-state index contributed by atoms with van der Waals surface area (Å²) in [4.78, 5) is 0. The first-order valence-corrected chi connectivity index (χ1v) is 8.82. The van der Waals surface area contributed by atoms with Crippen molar-refractivity contribution in [3.63, 3.8) is 0 Å². The maximum atomic E-state index is 2.41. The van der Waals surface area contributed by atoms with E-state index >= 15 is 0 Å². The molecule has 0 bridgehead atoms. The van der Waals surface area contributed by atoms with Crippen LogP contribution >= 0.6 is 0 Å². The summed E-state index contributed by atoms with van der Waals surface area (Å²) in [6.07, 6.45) is 9.19. The van der Waals surface area contributed by atoms with Gasteiger partial charge in [0, 0.05) is 0 Å². The van der Waals surface area contributed by atoms with E-state index in [0.29, 0.717) is 0 Å². The fourth-order valence-electron chi connectivity index (χ4n) is 0.965. The lowest BCUT2D eigenvalue weighted by Crippen LogP contribution is -2.15. The second-order valence-electron chi connectivity index (χ2n) is 5.11. The van der Waals surface area contributed by atoms with E-state index < -0.39 is 8.07 Å². The molecule has 0 atom stereocenters. The van der Waals surface area contributed by atoms with E-state index in [0.717, 1.165) is 12.3 Å². The molecule has 0 heterocycles. The molecule has 0 rings (SSSR count). The van der Waals surface area contributed by atoms with Gasteiger partial charge in [-0.15, -0.1) is 0 Å². The zero-order chi connectivity index (χ0) is 10.3. The molecule has 0 N–H and O–H groups in total. The monoisotopic (exact) mass is 196 g/mol. The van der Waals surface area contributed by atoms with Gasteiger partial charge in [-0.2, -0.15) is 0 Å². The summed E-state index contributed by atoms with van der Waals surface area (Å²) in [6.45, 7) is 11.6. The molecule has 13 heavy (non-hydrogen) atoms. The van der Waals surface area contributed by atoms with Crippen molar-refractivity contribution in [1.82, 2.24) is 0 Å². The van der Waals surface area contributed by atoms with Gasteiger partial charge in [0.15, 0.2) is 0 Å². The molecule has 0 aromatic rings. The van der Waals surface area contributed by atoms with Crippen LogP contribution in [0.1, 0.15) is 26.7 Å². The zero-order valence-electron chi connectivity index (χ0n) is 9.80. The molecule has 0 saturated heterocycles. The summed E-state index contributed by atoms with van der Waals surface area (Å²) in [7, 11) is -0.954. The molecular weight excluding hydrogens is 172 g/mol. The van der Waals surface area contributed by atoms with Gasteiger partial charge in [-0.3, -0.25) is 0 Å².